The van der Waals surface area contributed by atoms with Gasteiger partial charge >= 0.3 is 0 Å². The van der Waals surface area contributed by atoms with Crippen molar-refractivity contribution in [3.05, 3.63) is 33.8 Å². The number of rotatable bonds is 1. The largest absolute Gasteiger partial charge is 0.316 e. The maximum Gasteiger partial charge on any atom is 0.0470 e. The highest BCUT2D eigenvalue weighted by Crippen LogP contribution is 2.32. The van der Waals surface area contributed by atoms with E-state index in [9.17, 15) is 0 Å². The zero-order valence-electron chi connectivity index (χ0n) is 9.44. The number of nitrogens with one attached hydrogen (secondary N) is 1. The quantitative estimate of drug-likeness (QED) is 0.770. The van der Waals surface area contributed by atoms with Crippen molar-refractivity contribution in [2.75, 3.05) is 13.1 Å². The van der Waals surface area contributed by atoms with Crippen LogP contribution in [0.1, 0.15) is 35.4 Å². The third kappa shape index (κ3) is 2.35. The molecule has 1 nitrogen and oxygen atoms in total. The lowest BCUT2D eigenvalue weighted by Crippen LogP contribution is -2.28. The first kappa shape index (κ1) is 11.0. The zero-order chi connectivity index (χ0) is 10.8. The topological polar surface area (TPSA) is 12.0 Å². The molecule has 1 aromatic carbocycles. The van der Waals surface area contributed by atoms with Gasteiger partial charge in [-0.15, -0.1) is 0 Å². The molecular weight excluding hydrogens is 206 g/mol. The van der Waals surface area contributed by atoms with Gasteiger partial charge in [0.05, 0.1) is 0 Å². The second-order valence-corrected chi connectivity index (χ2v) is 4.91. The fourth-order valence-electron chi connectivity index (χ4n) is 2.40. The van der Waals surface area contributed by atoms with Crippen molar-refractivity contribution in [1.82, 2.24) is 5.32 Å². The van der Waals surface area contributed by atoms with Gasteiger partial charge < -0.3 is 5.32 Å². The van der Waals surface area contributed by atoms with Gasteiger partial charge in [0.25, 0.3) is 0 Å². The molecule has 2 heteroatoms. The summed E-state index contributed by atoms with van der Waals surface area (Å²) in [6.07, 6.45) is 2.52. The minimum absolute atomic E-state index is 0.602. The van der Waals surface area contributed by atoms with Crippen molar-refractivity contribution in [1.29, 1.82) is 0 Å². The lowest BCUT2D eigenvalue weighted by Gasteiger charge is -2.25. The smallest absolute Gasteiger partial charge is 0.0470 e. The summed E-state index contributed by atoms with van der Waals surface area (Å²) in [4.78, 5) is 0. The van der Waals surface area contributed by atoms with Crippen molar-refractivity contribution in [3.63, 3.8) is 0 Å². The van der Waals surface area contributed by atoms with Gasteiger partial charge in [-0.25, -0.2) is 0 Å². The van der Waals surface area contributed by atoms with E-state index in [1.165, 1.54) is 29.5 Å². The molecule has 1 aliphatic heterocycles. The molecule has 0 aliphatic carbocycles. The summed E-state index contributed by atoms with van der Waals surface area (Å²) in [5.41, 5.74) is 3.86. The van der Waals surface area contributed by atoms with Crippen LogP contribution in [0.15, 0.2) is 12.1 Å². The van der Waals surface area contributed by atoms with Crippen LogP contribution >= 0.6 is 11.6 Å². The highest BCUT2D eigenvalue weighted by molar-refractivity contribution is 6.32. The van der Waals surface area contributed by atoms with Crippen molar-refractivity contribution in [2.45, 2.75) is 32.6 Å². The maximum absolute atomic E-state index is 6.37. The summed E-state index contributed by atoms with van der Waals surface area (Å²) in [6, 6.07) is 4.40. The zero-order valence-corrected chi connectivity index (χ0v) is 10.2. The van der Waals surface area contributed by atoms with Crippen LogP contribution in [-0.4, -0.2) is 13.1 Å². The normalized spacial score (nSPS) is 21.7. The Morgan fingerprint density at radius 1 is 1.33 bits per heavy atom. The second kappa shape index (κ2) is 4.54. The van der Waals surface area contributed by atoms with Gasteiger partial charge in [0, 0.05) is 11.6 Å². The standard InChI is InChI=1S/C13H18ClN/c1-9-6-10(2)13(14)12(7-9)11-4-3-5-15-8-11/h6-7,11,15H,3-5,8H2,1-2H3. The molecule has 1 unspecified atom stereocenters. The van der Waals surface area contributed by atoms with E-state index >= 15 is 0 Å². The molecule has 0 saturated carbocycles. The molecule has 1 fully saturated rings. The molecule has 0 bridgehead atoms. The predicted molar refractivity (Wildman–Crippen MR) is 65.8 cm³/mol. The molecule has 82 valence electrons. The average Bonchev–Trinajstić information content (AvgIpc) is 2.24. The molecule has 1 atom stereocenters. The number of piperidine rings is 1. The van der Waals surface area contributed by atoms with Gasteiger partial charge in [-0.2, -0.15) is 0 Å². The van der Waals surface area contributed by atoms with Crippen molar-refractivity contribution in [3.8, 4) is 0 Å². The Balaban J connectivity index is 2.33. The van der Waals surface area contributed by atoms with E-state index in [0.717, 1.165) is 18.1 Å². The maximum atomic E-state index is 6.37. The third-order valence-corrected chi connectivity index (χ3v) is 3.68. The lowest BCUT2D eigenvalue weighted by molar-refractivity contribution is 0.461. The SMILES string of the molecule is Cc1cc(C)c(Cl)c(C2CCCNC2)c1. The Bertz CT molecular complexity index is 354. The lowest BCUT2D eigenvalue weighted by atomic mass is 9.89. The summed E-state index contributed by atoms with van der Waals surface area (Å²) < 4.78 is 0. The number of hydrogen-bond donors (Lipinski definition) is 1. The van der Waals surface area contributed by atoms with E-state index in [2.05, 4.69) is 31.3 Å². The average molecular weight is 224 g/mol. The number of aryl methyl sites for hydroxylation is 2. The van der Waals surface area contributed by atoms with Crippen molar-refractivity contribution >= 4 is 11.6 Å². The first-order chi connectivity index (χ1) is 7.18. The van der Waals surface area contributed by atoms with Gasteiger partial charge in [0.1, 0.15) is 0 Å². The number of halogens is 1. The van der Waals surface area contributed by atoms with Gasteiger partial charge in [-0.1, -0.05) is 29.3 Å². The highest BCUT2D eigenvalue weighted by Gasteiger charge is 2.18. The highest BCUT2D eigenvalue weighted by atomic mass is 35.5. The van der Waals surface area contributed by atoms with E-state index in [1.807, 2.05) is 0 Å². The Hall–Kier alpha value is -0.530. The van der Waals surface area contributed by atoms with Crippen LogP contribution in [0.25, 0.3) is 0 Å². The van der Waals surface area contributed by atoms with E-state index < -0.39 is 0 Å². The monoisotopic (exact) mass is 223 g/mol. The molecule has 2 rings (SSSR count). The van der Waals surface area contributed by atoms with Gasteiger partial charge in [0.15, 0.2) is 0 Å². The van der Waals surface area contributed by atoms with Crippen LogP contribution in [-0.2, 0) is 0 Å². The number of hydrogen-bond acceptors (Lipinski definition) is 1. The molecule has 1 saturated heterocycles. The predicted octanol–water partition coefficient (Wildman–Crippen LogP) is 3.42. The van der Waals surface area contributed by atoms with E-state index in [4.69, 9.17) is 11.6 Å². The Kier molecular flexibility index (Phi) is 3.32. The van der Waals surface area contributed by atoms with Crippen LogP contribution in [0.3, 0.4) is 0 Å². The van der Waals surface area contributed by atoms with E-state index in [1.54, 1.807) is 0 Å². The minimum atomic E-state index is 0.602. The molecule has 0 spiro atoms. The van der Waals surface area contributed by atoms with Crippen molar-refractivity contribution < 1.29 is 0 Å². The molecule has 1 aliphatic rings. The minimum Gasteiger partial charge on any atom is -0.316 e. The van der Waals surface area contributed by atoms with Crippen LogP contribution in [0.5, 0.6) is 0 Å². The fourth-order valence-corrected chi connectivity index (χ4v) is 2.66. The number of benzene rings is 1. The molecule has 1 aromatic rings. The fraction of sp³-hybridized carbons (Fsp3) is 0.538. The van der Waals surface area contributed by atoms with Crippen LogP contribution in [0, 0.1) is 13.8 Å². The van der Waals surface area contributed by atoms with Gasteiger partial charge in [-0.3, -0.25) is 0 Å². The summed E-state index contributed by atoms with van der Waals surface area (Å²) in [7, 11) is 0. The van der Waals surface area contributed by atoms with Crippen LogP contribution in [0.4, 0.5) is 0 Å². The van der Waals surface area contributed by atoms with Crippen LogP contribution < -0.4 is 5.32 Å². The first-order valence-corrected chi connectivity index (χ1v) is 6.03. The molecule has 15 heavy (non-hydrogen) atoms. The molecule has 1 heterocycles. The van der Waals surface area contributed by atoms with E-state index in [0.29, 0.717) is 5.92 Å². The van der Waals surface area contributed by atoms with Gasteiger partial charge in [0.2, 0.25) is 0 Å². The molecule has 0 radical (unpaired) electrons. The van der Waals surface area contributed by atoms with Gasteiger partial charge in [-0.05, 0) is 50.3 Å². The van der Waals surface area contributed by atoms with Crippen LogP contribution in [0.2, 0.25) is 5.02 Å². The molecule has 0 amide bonds. The van der Waals surface area contributed by atoms with Crippen molar-refractivity contribution in [2.24, 2.45) is 0 Å². The summed E-state index contributed by atoms with van der Waals surface area (Å²) >= 11 is 6.37. The molecule has 0 aromatic heterocycles. The Morgan fingerprint density at radius 3 is 2.80 bits per heavy atom. The Morgan fingerprint density at radius 2 is 2.13 bits per heavy atom. The third-order valence-electron chi connectivity index (χ3n) is 3.16. The summed E-state index contributed by atoms with van der Waals surface area (Å²) in [6.45, 7) is 6.46. The molecule has 1 N–H and O–H groups in total. The van der Waals surface area contributed by atoms with E-state index in [-0.39, 0.29) is 0 Å². The summed E-state index contributed by atoms with van der Waals surface area (Å²) in [5.74, 6) is 0.602. The summed E-state index contributed by atoms with van der Waals surface area (Å²) in [5, 5.41) is 4.41. The molecular formula is C13H18ClN. The second-order valence-electron chi connectivity index (χ2n) is 4.53. The first-order valence-electron chi connectivity index (χ1n) is 5.66. The Labute approximate surface area is 96.8 Å².